The lowest BCUT2D eigenvalue weighted by atomic mass is 10.3. The summed E-state index contributed by atoms with van der Waals surface area (Å²) >= 11 is 14.4. The molecule has 0 aliphatic carbocycles. The highest BCUT2D eigenvalue weighted by atomic mass is 79.9. The van der Waals surface area contributed by atoms with Crippen molar-refractivity contribution >= 4 is 55.0 Å². The van der Waals surface area contributed by atoms with Crippen LogP contribution in [-0.2, 0) is 10.0 Å². The molecule has 1 heterocycles. The largest absolute Gasteiger partial charge is 0.264 e. The molecule has 1 aromatic carbocycles. The van der Waals surface area contributed by atoms with Crippen LogP contribution in [0.15, 0.2) is 39.8 Å². The molecule has 9 heteroatoms. The first-order valence-electron chi connectivity index (χ1n) is 5.10. The summed E-state index contributed by atoms with van der Waals surface area (Å²) < 4.78 is 40.6. The van der Waals surface area contributed by atoms with Crippen LogP contribution in [-0.4, -0.2) is 13.4 Å². The predicted molar refractivity (Wildman–Crippen MR) is 79.2 cm³/mol. The van der Waals surface area contributed by atoms with Crippen LogP contribution in [0.3, 0.4) is 0 Å². The molecule has 1 N–H and O–H groups in total. The first-order chi connectivity index (χ1) is 9.33. The normalized spacial score (nSPS) is 11.4. The van der Waals surface area contributed by atoms with Crippen molar-refractivity contribution in [2.24, 2.45) is 0 Å². The second kappa shape index (κ2) is 5.85. The van der Waals surface area contributed by atoms with Gasteiger partial charge < -0.3 is 0 Å². The number of nitrogens with one attached hydrogen (secondary N) is 1. The van der Waals surface area contributed by atoms with E-state index in [1.54, 1.807) is 12.1 Å². The summed E-state index contributed by atoms with van der Waals surface area (Å²) in [5, 5.41) is -0.829. The van der Waals surface area contributed by atoms with E-state index >= 15 is 0 Å². The molecule has 20 heavy (non-hydrogen) atoms. The number of sulfonamides is 1. The summed E-state index contributed by atoms with van der Waals surface area (Å²) in [6, 6.07) is 5.46. The average Bonchev–Trinajstić information content (AvgIpc) is 2.38. The first kappa shape index (κ1) is 15.5. The SMILES string of the molecule is O=S(=O)(Nc1ncccc1Br)c1ccc(Cl)c(F)c1Cl. The molecule has 0 fully saturated rings. The quantitative estimate of drug-likeness (QED) is 0.790. The number of pyridine rings is 1. The lowest BCUT2D eigenvalue weighted by molar-refractivity contribution is 0.595. The van der Waals surface area contributed by atoms with E-state index in [0.29, 0.717) is 4.47 Å². The molecule has 0 bridgehead atoms. The van der Waals surface area contributed by atoms with E-state index in [0.717, 1.165) is 12.1 Å². The number of hydrogen-bond donors (Lipinski definition) is 1. The smallest absolute Gasteiger partial charge is 0.262 e. The molecule has 0 atom stereocenters. The molecule has 106 valence electrons. The van der Waals surface area contributed by atoms with Crippen LogP contribution in [0.5, 0.6) is 0 Å². The summed E-state index contributed by atoms with van der Waals surface area (Å²) in [5.41, 5.74) is 0. The van der Waals surface area contributed by atoms with Gasteiger partial charge in [0.2, 0.25) is 0 Å². The minimum absolute atomic E-state index is 0.0684. The van der Waals surface area contributed by atoms with Crippen molar-refractivity contribution in [3.8, 4) is 0 Å². The maximum Gasteiger partial charge on any atom is 0.264 e. The standard InChI is InChI=1S/C11H6BrCl2FN2O2S/c12-6-2-1-5-16-11(6)17-20(18,19)8-4-3-7(13)10(15)9(8)14/h1-5H,(H,16,17). The number of rotatable bonds is 3. The Labute approximate surface area is 133 Å². The van der Waals surface area contributed by atoms with E-state index in [1.807, 2.05) is 0 Å². The van der Waals surface area contributed by atoms with Gasteiger partial charge in [-0.3, -0.25) is 4.72 Å². The average molecular weight is 400 g/mol. The Balaban J connectivity index is 2.47. The third-order valence-corrected chi connectivity index (χ3v) is 5.07. The van der Waals surface area contributed by atoms with Gasteiger partial charge in [-0.1, -0.05) is 23.2 Å². The molecule has 0 spiro atoms. The van der Waals surface area contributed by atoms with Crippen LogP contribution in [0.1, 0.15) is 0 Å². The number of anilines is 1. The molecular weight excluding hydrogens is 394 g/mol. The number of hydrogen-bond acceptors (Lipinski definition) is 3. The fourth-order valence-corrected chi connectivity index (χ4v) is 3.62. The molecule has 1 aromatic heterocycles. The van der Waals surface area contributed by atoms with Crippen molar-refractivity contribution in [1.29, 1.82) is 0 Å². The number of nitrogens with zero attached hydrogens (tertiary/aromatic N) is 1. The van der Waals surface area contributed by atoms with E-state index < -0.39 is 25.8 Å². The Kier molecular flexibility index (Phi) is 4.53. The number of aromatic nitrogens is 1. The monoisotopic (exact) mass is 398 g/mol. The van der Waals surface area contributed by atoms with Gasteiger partial charge in [0.15, 0.2) is 11.6 Å². The van der Waals surface area contributed by atoms with Gasteiger partial charge >= 0.3 is 0 Å². The van der Waals surface area contributed by atoms with E-state index in [9.17, 15) is 12.8 Å². The highest BCUT2D eigenvalue weighted by molar-refractivity contribution is 9.10. The zero-order valence-electron chi connectivity index (χ0n) is 9.57. The lowest BCUT2D eigenvalue weighted by Crippen LogP contribution is -2.15. The van der Waals surface area contributed by atoms with Gasteiger partial charge in [-0.25, -0.2) is 17.8 Å². The second-order valence-electron chi connectivity index (χ2n) is 3.61. The summed E-state index contributed by atoms with van der Waals surface area (Å²) in [7, 11) is -4.08. The molecule has 0 unspecified atom stereocenters. The first-order valence-corrected chi connectivity index (χ1v) is 8.13. The summed E-state index contributed by atoms with van der Waals surface area (Å²) in [4.78, 5) is 3.44. The van der Waals surface area contributed by atoms with Crippen molar-refractivity contribution in [2.45, 2.75) is 4.90 Å². The Morgan fingerprint density at radius 2 is 1.95 bits per heavy atom. The Bertz CT molecular complexity index is 771. The fourth-order valence-electron chi connectivity index (χ4n) is 1.36. The minimum atomic E-state index is -4.08. The molecule has 4 nitrogen and oxygen atoms in total. The van der Waals surface area contributed by atoms with Gasteiger partial charge in [-0.2, -0.15) is 0 Å². The van der Waals surface area contributed by atoms with Gasteiger partial charge in [0.25, 0.3) is 10.0 Å². The highest BCUT2D eigenvalue weighted by Gasteiger charge is 2.23. The van der Waals surface area contributed by atoms with Gasteiger partial charge in [0, 0.05) is 6.20 Å². The van der Waals surface area contributed by atoms with Crippen molar-refractivity contribution in [1.82, 2.24) is 4.98 Å². The topological polar surface area (TPSA) is 59.1 Å². The Hall–Kier alpha value is -0.890. The molecule has 2 aromatic rings. The summed E-state index contributed by atoms with van der Waals surface area (Å²) in [6.45, 7) is 0. The molecule has 0 saturated carbocycles. The van der Waals surface area contributed by atoms with Crippen molar-refractivity contribution in [3.05, 3.63) is 50.8 Å². The third-order valence-electron chi connectivity index (χ3n) is 2.28. The van der Waals surface area contributed by atoms with Crippen LogP contribution in [0.2, 0.25) is 10.0 Å². The molecule has 0 amide bonds. The van der Waals surface area contributed by atoms with Crippen LogP contribution < -0.4 is 4.72 Å². The zero-order chi connectivity index (χ0) is 14.9. The maximum absolute atomic E-state index is 13.6. The zero-order valence-corrected chi connectivity index (χ0v) is 13.5. The van der Waals surface area contributed by atoms with Gasteiger partial charge in [-0.15, -0.1) is 0 Å². The molecular formula is C11H6BrCl2FN2O2S. The van der Waals surface area contributed by atoms with Gasteiger partial charge in [0.05, 0.1) is 14.5 Å². The summed E-state index contributed by atoms with van der Waals surface area (Å²) in [5.74, 6) is -0.921. The third kappa shape index (κ3) is 3.06. The summed E-state index contributed by atoms with van der Waals surface area (Å²) in [6.07, 6.45) is 1.41. The van der Waals surface area contributed by atoms with Crippen LogP contribution in [0, 0.1) is 5.82 Å². The second-order valence-corrected chi connectivity index (χ2v) is 6.90. The maximum atomic E-state index is 13.6. The van der Waals surface area contributed by atoms with Crippen LogP contribution in [0.25, 0.3) is 0 Å². The van der Waals surface area contributed by atoms with Crippen LogP contribution >= 0.6 is 39.1 Å². The molecule has 0 aliphatic heterocycles. The fraction of sp³-hybridized carbons (Fsp3) is 0. The lowest BCUT2D eigenvalue weighted by Gasteiger charge is -2.10. The van der Waals surface area contributed by atoms with E-state index in [-0.39, 0.29) is 10.8 Å². The number of halogens is 4. The van der Waals surface area contributed by atoms with Crippen LogP contribution in [0.4, 0.5) is 10.2 Å². The number of benzene rings is 1. The van der Waals surface area contributed by atoms with Gasteiger partial charge in [0.1, 0.15) is 4.90 Å². The van der Waals surface area contributed by atoms with E-state index in [4.69, 9.17) is 23.2 Å². The Morgan fingerprint density at radius 3 is 2.60 bits per heavy atom. The van der Waals surface area contributed by atoms with Gasteiger partial charge in [-0.05, 0) is 40.2 Å². The Morgan fingerprint density at radius 1 is 1.25 bits per heavy atom. The van der Waals surface area contributed by atoms with Crippen molar-refractivity contribution in [2.75, 3.05) is 4.72 Å². The predicted octanol–water partition coefficient (Wildman–Crippen LogP) is 4.09. The van der Waals surface area contributed by atoms with E-state index in [2.05, 4.69) is 25.6 Å². The van der Waals surface area contributed by atoms with E-state index in [1.165, 1.54) is 6.20 Å². The van der Waals surface area contributed by atoms with Crippen molar-refractivity contribution in [3.63, 3.8) is 0 Å². The molecule has 0 saturated heterocycles. The minimum Gasteiger partial charge on any atom is -0.262 e. The molecule has 2 rings (SSSR count). The molecule has 0 aliphatic rings. The molecule has 0 radical (unpaired) electrons. The van der Waals surface area contributed by atoms with Crippen molar-refractivity contribution < 1.29 is 12.8 Å². The highest BCUT2D eigenvalue weighted by Crippen LogP contribution is 2.31.